The third kappa shape index (κ3) is 5.11. The largest absolute Gasteiger partial charge is 0.379 e. The molecule has 2 aliphatic rings. The molecule has 0 saturated carbocycles. The molecular formula is C26H29FN6O2. The molecule has 0 unspecified atom stereocenters. The summed E-state index contributed by atoms with van der Waals surface area (Å²) in [5, 5.41) is 8.11. The summed E-state index contributed by atoms with van der Waals surface area (Å²) in [6.45, 7) is 6.13. The number of carbonyl (C=O) groups is 1. The number of morpholine rings is 1. The summed E-state index contributed by atoms with van der Waals surface area (Å²) in [4.78, 5) is 24.1. The second-order valence-electron chi connectivity index (χ2n) is 8.97. The van der Waals surface area contributed by atoms with Crippen molar-refractivity contribution in [3.05, 3.63) is 65.5 Å². The number of piperazine rings is 1. The number of hydrogen-bond donors (Lipinski definition) is 2. The number of nitrogens with two attached hydrogens (primary N) is 1. The predicted octanol–water partition coefficient (Wildman–Crippen LogP) is 2.52. The number of carbonyl (C=O) groups excluding carboxylic acids is 1. The van der Waals surface area contributed by atoms with Crippen LogP contribution in [0.2, 0.25) is 0 Å². The van der Waals surface area contributed by atoms with Crippen molar-refractivity contribution >= 4 is 22.8 Å². The van der Waals surface area contributed by atoms with Crippen molar-refractivity contribution in [2.75, 3.05) is 52.5 Å². The molecule has 0 bridgehead atoms. The Morgan fingerprint density at radius 3 is 2.34 bits per heavy atom. The van der Waals surface area contributed by atoms with E-state index in [-0.39, 0.29) is 11.9 Å². The highest BCUT2D eigenvalue weighted by atomic mass is 19.1. The van der Waals surface area contributed by atoms with Crippen LogP contribution in [-0.2, 0) is 11.3 Å². The summed E-state index contributed by atoms with van der Waals surface area (Å²) < 4.78 is 19.5. The lowest BCUT2D eigenvalue weighted by molar-refractivity contribution is 0.0342. The second kappa shape index (κ2) is 9.97. The van der Waals surface area contributed by atoms with Crippen molar-refractivity contribution in [2.24, 2.45) is 5.73 Å². The Kier molecular flexibility index (Phi) is 6.61. The average Bonchev–Trinajstić information content (AvgIpc) is 2.89. The fourth-order valence-corrected chi connectivity index (χ4v) is 4.64. The van der Waals surface area contributed by atoms with Gasteiger partial charge in [0, 0.05) is 56.8 Å². The fraction of sp³-hybridized carbons (Fsp3) is 0.346. The van der Waals surface area contributed by atoms with Crippen LogP contribution in [0.3, 0.4) is 0 Å². The van der Waals surface area contributed by atoms with Gasteiger partial charge in [0.05, 0.1) is 30.0 Å². The smallest absolute Gasteiger partial charge is 0.254 e. The molecule has 1 amide bonds. The summed E-state index contributed by atoms with van der Waals surface area (Å²) in [6, 6.07) is 14.3. The molecule has 2 saturated heterocycles. The van der Waals surface area contributed by atoms with Crippen molar-refractivity contribution < 1.29 is 13.9 Å². The number of hydrogen-bond acceptors (Lipinski definition) is 5. The molecule has 5 rings (SSSR count). The van der Waals surface area contributed by atoms with Gasteiger partial charge in [0.15, 0.2) is 5.96 Å². The van der Waals surface area contributed by atoms with E-state index in [1.54, 1.807) is 21.9 Å². The Morgan fingerprint density at radius 2 is 1.66 bits per heavy atom. The lowest BCUT2D eigenvalue weighted by Gasteiger charge is -2.35. The Bertz CT molecular complexity index is 1230. The Balaban J connectivity index is 1.43. The number of halogens is 1. The Morgan fingerprint density at radius 1 is 0.971 bits per heavy atom. The summed E-state index contributed by atoms with van der Waals surface area (Å²) in [7, 11) is 0. The van der Waals surface area contributed by atoms with Crippen molar-refractivity contribution in [3.63, 3.8) is 0 Å². The molecule has 9 heteroatoms. The number of ether oxygens (including phenoxy) is 1. The molecule has 8 nitrogen and oxygen atoms in total. The molecule has 35 heavy (non-hydrogen) atoms. The van der Waals surface area contributed by atoms with Gasteiger partial charge in [0.2, 0.25) is 0 Å². The highest BCUT2D eigenvalue weighted by Crippen LogP contribution is 2.27. The first kappa shape index (κ1) is 23.2. The molecule has 182 valence electrons. The van der Waals surface area contributed by atoms with Crippen molar-refractivity contribution in [1.82, 2.24) is 19.7 Å². The predicted molar refractivity (Wildman–Crippen MR) is 133 cm³/mol. The number of nitrogens with zero attached hydrogens (tertiary/aromatic N) is 4. The quantitative estimate of drug-likeness (QED) is 0.444. The number of aromatic nitrogens is 1. The third-order valence-corrected chi connectivity index (χ3v) is 6.67. The first-order valence-electron chi connectivity index (χ1n) is 11.9. The van der Waals surface area contributed by atoms with Gasteiger partial charge in [0.1, 0.15) is 5.82 Å². The number of fused-ring (bicyclic) bond motifs is 1. The van der Waals surface area contributed by atoms with Gasteiger partial charge in [-0.05, 0) is 29.8 Å². The number of benzene rings is 2. The number of guanidine groups is 1. The summed E-state index contributed by atoms with van der Waals surface area (Å²) >= 11 is 0. The SMILES string of the molecule is N=C(N)N1CCN(C(=O)c2cc(-c3ccc(CN4CCOCC4)cc3)nc3ccc(F)cc23)CC1. The van der Waals surface area contributed by atoms with Gasteiger partial charge in [0.25, 0.3) is 5.91 Å². The van der Waals surface area contributed by atoms with E-state index in [0.29, 0.717) is 48.3 Å². The molecule has 2 aromatic carbocycles. The van der Waals surface area contributed by atoms with Crippen LogP contribution >= 0.6 is 0 Å². The van der Waals surface area contributed by atoms with E-state index in [4.69, 9.17) is 20.9 Å². The maximum atomic E-state index is 14.1. The number of amides is 1. The summed E-state index contributed by atoms with van der Waals surface area (Å²) in [6.07, 6.45) is 0. The van der Waals surface area contributed by atoms with Gasteiger partial charge in [-0.25, -0.2) is 9.37 Å². The van der Waals surface area contributed by atoms with Gasteiger partial charge in [-0.3, -0.25) is 15.1 Å². The topological polar surface area (TPSA) is 98.8 Å². The van der Waals surface area contributed by atoms with Crippen molar-refractivity contribution in [2.45, 2.75) is 6.54 Å². The number of nitrogens with one attached hydrogen (secondary N) is 1. The maximum absolute atomic E-state index is 14.1. The molecule has 0 atom stereocenters. The van der Waals surface area contributed by atoms with Crippen LogP contribution < -0.4 is 5.73 Å². The molecule has 3 heterocycles. The molecule has 2 fully saturated rings. The zero-order valence-electron chi connectivity index (χ0n) is 19.5. The van der Waals surface area contributed by atoms with Crippen LogP contribution in [0.5, 0.6) is 0 Å². The normalized spacial score (nSPS) is 17.1. The van der Waals surface area contributed by atoms with Gasteiger partial charge < -0.3 is 20.3 Å². The van der Waals surface area contributed by atoms with Crippen LogP contribution in [0.1, 0.15) is 15.9 Å². The molecule has 1 aromatic heterocycles. The van der Waals surface area contributed by atoms with E-state index in [1.807, 2.05) is 12.1 Å². The van der Waals surface area contributed by atoms with E-state index >= 15 is 0 Å². The zero-order valence-corrected chi connectivity index (χ0v) is 19.5. The molecular weight excluding hydrogens is 447 g/mol. The Hall–Kier alpha value is -3.56. The maximum Gasteiger partial charge on any atom is 0.254 e. The van der Waals surface area contributed by atoms with Crippen LogP contribution in [-0.4, -0.2) is 84.0 Å². The van der Waals surface area contributed by atoms with E-state index in [2.05, 4.69) is 17.0 Å². The van der Waals surface area contributed by atoms with Gasteiger partial charge in [-0.1, -0.05) is 24.3 Å². The minimum atomic E-state index is -0.407. The van der Waals surface area contributed by atoms with Crippen molar-refractivity contribution in [3.8, 4) is 11.3 Å². The Labute approximate surface area is 203 Å². The fourth-order valence-electron chi connectivity index (χ4n) is 4.64. The summed E-state index contributed by atoms with van der Waals surface area (Å²) in [5.74, 6) is -0.570. The van der Waals surface area contributed by atoms with Gasteiger partial charge >= 0.3 is 0 Å². The van der Waals surface area contributed by atoms with Crippen molar-refractivity contribution in [1.29, 1.82) is 5.41 Å². The average molecular weight is 477 g/mol. The van der Waals surface area contributed by atoms with Crippen LogP contribution in [0, 0.1) is 11.2 Å². The molecule has 0 aliphatic carbocycles. The van der Waals surface area contributed by atoms with Gasteiger partial charge in [-0.2, -0.15) is 0 Å². The molecule has 0 radical (unpaired) electrons. The standard InChI is InChI=1S/C26H29FN6O2/c27-20-5-6-23-21(15-20)22(25(34)32-7-9-33(10-8-32)26(28)29)16-24(30-23)19-3-1-18(2-4-19)17-31-11-13-35-14-12-31/h1-6,15-16H,7-14,17H2,(H3,28,29). The minimum absolute atomic E-state index is 0.00730. The summed E-state index contributed by atoms with van der Waals surface area (Å²) in [5.41, 5.74) is 9.37. The van der Waals surface area contributed by atoms with E-state index in [1.165, 1.54) is 17.7 Å². The second-order valence-corrected chi connectivity index (χ2v) is 8.97. The van der Waals surface area contributed by atoms with E-state index in [9.17, 15) is 9.18 Å². The first-order valence-corrected chi connectivity index (χ1v) is 11.9. The molecule has 0 spiro atoms. The highest BCUT2D eigenvalue weighted by molar-refractivity contribution is 6.07. The monoisotopic (exact) mass is 476 g/mol. The zero-order chi connectivity index (χ0) is 24.4. The van der Waals surface area contributed by atoms with E-state index < -0.39 is 5.82 Å². The molecule has 3 N–H and O–H groups in total. The number of rotatable bonds is 4. The van der Waals surface area contributed by atoms with Crippen LogP contribution in [0.15, 0.2) is 48.5 Å². The highest BCUT2D eigenvalue weighted by Gasteiger charge is 2.25. The number of pyridine rings is 1. The third-order valence-electron chi connectivity index (χ3n) is 6.67. The molecule has 2 aliphatic heterocycles. The first-order chi connectivity index (χ1) is 17.0. The molecule has 3 aromatic rings. The lowest BCUT2D eigenvalue weighted by atomic mass is 10.0. The minimum Gasteiger partial charge on any atom is -0.379 e. The van der Waals surface area contributed by atoms with Gasteiger partial charge in [-0.15, -0.1) is 0 Å². The lowest BCUT2D eigenvalue weighted by Crippen LogP contribution is -2.52. The van der Waals surface area contributed by atoms with E-state index in [0.717, 1.165) is 38.4 Å². The van der Waals surface area contributed by atoms with Crippen LogP contribution in [0.4, 0.5) is 4.39 Å². The van der Waals surface area contributed by atoms with Crippen LogP contribution in [0.25, 0.3) is 22.2 Å².